The number of hydrogen-bond donors (Lipinski definition) is 0. The first-order chi connectivity index (χ1) is 9.08. The third-order valence-corrected chi connectivity index (χ3v) is 4.06. The second-order valence-corrected chi connectivity index (χ2v) is 5.85. The number of hydrogen-bond acceptors (Lipinski definition) is 6. The fourth-order valence-electron chi connectivity index (χ4n) is 1.29. The van der Waals surface area contributed by atoms with E-state index in [0.717, 1.165) is 12.8 Å². The van der Waals surface area contributed by atoms with Crippen LogP contribution in [0.2, 0.25) is 0 Å². The molecule has 0 unspecified atom stereocenters. The highest BCUT2D eigenvalue weighted by molar-refractivity contribution is 7.54. The standard InChI is InChI=1S/C12H25O6P/c1-4-7-8-15-9-10-16-12(13)11-19(14,17-5-2)18-6-3/h4-11H2,1-3H3. The molecule has 0 aromatic heterocycles. The first kappa shape index (κ1) is 18.6. The molecule has 114 valence electrons. The van der Waals surface area contributed by atoms with Gasteiger partial charge in [0.2, 0.25) is 0 Å². The van der Waals surface area contributed by atoms with E-state index in [1.54, 1.807) is 13.8 Å². The molecule has 0 rings (SSSR count). The molecule has 0 saturated carbocycles. The molecule has 0 fully saturated rings. The molecule has 0 aromatic rings. The van der Waals surface area contributed by atoms with E-state index >= 15 is 0 Å². The minimum absolute atomic E-state index is 0.154. The third-order valence-electron chi connectivity index (χ3n) is 2.11. The fourth-order valence-corrected chi connectivity index (χ4v) is 2.74. The highest BCUT2D eigenvalue weighted by Crippen LogP contribution is 2.47. The van der Waals surface area contributed by atoms with Gasteiger partial charge in [0.05, 0.1) is 19.8 Å². The van der Waals surface area contributed by atoms with Crippen LogP contribution in [-0.4, -0.2) is 45.2 Å². The Morgan fingerprint density at radius 2 is 1.63 bits per heavy atom. The minimum atomic E-state index is -3.36. The molecule has 0 aliphatic carbocycles. The Bertz CT molecular complexity index is 271. The number of carbonyl (C=O) groups excluding carboxylic acids is 1. The SMILES string of the molecule is CCCCOCCOC(=O)CP(=O)(OCC)OCC. The van der Waals surface area contributed by atoms with Gasteiger partial charge in [0.25, 0.3) is 0 Å². The maximum Gasteiger partial charge on any atom is 0.341 e. The molecule has 0 aliphatic rings. The van der Waals surface area contributed by atoms with Crippen LogP contribution in [0.25, 0.3) is 0 Å². The van der Waals surface area contributed by atoms with Gasteiger partial charge in [-0.15, -0.1) is 0 Å². The second kappa shape index (κ2) is 11.4. The topological polar surface area (TPSA) is 71.1 Å². The first-order valence-corrected chi connectivity index (χ1v) is 8.42. The second-order valence-electron chi connectivity index (χ2n) is 3.79. The summed E-state index contributed by atoms with van der Waals surface area (Å²) in [4.78, 5) is 11.5. The molecule has 19 heavy (non-hydrogen) atoms. The predicted octanol–water partition coefficient (Wildman–Crippen LogP) is 2.61. The van der Waals surface area contributed by atoms with Gasteiger partial charge in [-0.1, -0.05) is 13.3 Å². The molecule has 7 heteroatoms. The number of rotatable bonds is 12. The quantitative estimate of drug-likeness (QED) is 0.313. The van der Waals surface area contributed by atoms with Crippen molar-refractivity contribution >= 4 is 13.6 Å². The Balaban J connectivity index is 3.84. The Kier molecular flexibility index (Phi) is 11.2. The van der Waals surface area contributed by atoms with Crippen molar-refractivity contribution in [3.05, 3.63) is 0 Å². The highest BCUT2D eigenvalue weighted by atomic mass is 31.2. The van der Waals surface area contributed by atoms with E-state index < -0.39 is 13.6 Å². The molecule has 0 bridgehead atoms. The summed E-state index contributed by atoms with van der Waals surface area (Å²) < 4.78 is 32.2. The van der Waals surface area contributed by atoms with Crippen LogP contribution in [0.15, 0.2) is 0 Å². The lowest BCUT2D eigenvalue weighted by molar-refractivity contribution is -0.142. The zero-order valence-electron chi connectivity index (χ0n) is 12.1. The van der Waals surface area contributed by atoms with Crippen molar-refractivity contribution in [2.75, 3.05) is 39.2 Å². The van der Waals surface area contributed by atoms with E-state index in [0.29, 0.717) is 13.2 Å². The van der Waals surface area contributed by atoms with Crippen molar-refractivity contribution in [2.24, 2.45) is 0 Å². The van der Waals surface area contributed by atoms with E-state index in [-0.39, 0.29) is 26.0 Å². The third kappa shape index (κ3) is 10.1. The molecule has 6 nitrogen and oxygen atoms in total. The van der Waals surface area contributed by atoms with Gasteiger partial charge in [-0.3, -0.25) is 9.36 Å². The lowest BCUT2D eigenvalue weighted by Crippen LogP contribution is -2.16. The molecular formula is C12H25O6P. The van der Waals surface area contributed by atoms with E-state index in [1.807, 2.05) is 0 Å². The molecule has 0 N–H and O–H groups in total. The van der Waals surface area contributed by atoms with Crippen molar-refractivity contribution < 1.29 is 27.9 Å². The summed E-state index contributed by atoms with van der Waals surface area (Å²) in [6.07, 6.45) is 1.69. The van der Waals surface area contributed by atoms with Gasteiger partial charge in [0, 0.05) is 6.61 Å². The molecule has 0 aromatic carbocycles. The molecule has 0 saturated heterocycles. The molecule has 0 amide bonds. The Labute approximate surface area is 115 Å². The number of carbonyl (C=O) groups is 1. The zero-order valence-corrected chi connectivity index (χ0v) is 12.9. The summed E-state index contributed by atoms with van der Waals surface area (Å²) in [7, 11) is -3.36. The van der Waals surface area contributed by atoms with Crippen molar-refractivity contribution in [1.82, 2.24) is 0 Å². The molecule has 0 heterocycles. The van der Waals surface area contributed by atoms with Crippen LogP contribution in [-0.2, 0) is 27.9 Å². The normalized spacial score (nSPS) is 11.5. The van der Waals surface area contributed by atoms with Crippen LogP contribution >= 0.6 is 7.60 Å². The van der Waals surface area contributed by atoms with Crippen molar-refractivity contribution in [1.29, 1.82) is 0 Å². The van der Waals surface area contributed by atoms with E-state index in [2.05, 4.69) is 6.92 Å². The first-order valence-electron chi connectivity index (χ1n) is 6.69. The van der Waals surface area contributed by atoms with Gasteiger partial charge in [-0.05, 0) is 20.3 Å². The lowest BCUT2D eigenvalue weighted by atomic mass is 10.4. The van der Waals surface area contributed by atoms with Gasteiger partial charge in [-0.25, -0.2) is 0 Å². The van der Waals surface area contributed by atoms with Crippen molar-refractivity contribution in [3.8, 4) is 0 Å². The number of unbranched alkanes of at least 4 members (excludes halogenated alkanes) is 1. The smallest absolute Gasteiger partial charge is 0.341 e. The predicted molar refractivity (Wildman–Crippen MR) is 72.4 cm³/mol. The molecule has 0 aliphatic heterocycles. The molecule has 0 radical (unpaired) electrons. The number of ether oxygens (including phenoxy) is 2. The monoisotopic (exact) mass is 296 g/mol. The largest absolute Gasteiger partial charge is 0.463 e. The van der Waals surface area contributed by atoms with Crippen LogP contribution in [0.1, 0.15) is 33.6 Å². The zero-order chi connectivity index (χ0) is 14.6. The Morgan fingerprint density at radius 1 is 1.00 bits per heavy atom. The Hall–Kier alpha value is -0.420. The average Bonchev–Trinajstić information content (AvgIpc) is 2.33. The van der Waals surface area contributed by atoms with Crippen LogP contribution in [0.4, 0.5) is 0 Å². The van der Waals surface area contributed by atoms with Crippen molar-refractivity contribution in [3.63, 3.8) is 0 Å². The average molecular weight is 296 g/mol. The van der Waals surface area contributed by atoms with E-state index in [9.17, 15) is 9.36 Å². The van der Waals surface area contributed by atoms with Gasteiger partial charge in [0.1, 0.15) is 12.8 Å². The van der Waals surface area contributed by atoms with Gasteiger partial charge in [-0.2, -0.15) is 0 Å². The molecule has 0 spiro atoms. The highest BCUT2D eigenvalue weighted by Gasteiger charge is 2.28. The lowest BCUT2D eigenvalue weighted by Gasteiger charge is -2.16. The van der Waals surface area contributed by atoms with Crippen LogP contribution in [0, 0.1) is 0 Å². The summed E-state index contributed by atoms with van der Waals surface area (Å²) in [5, 5.41) is 0. The van der Waals surface area contributed by atoms with Crippen molar-refractivity contribution in [2.45, 2.75) is 33.6 Å². The van der Waals surface area contributed by atoms with E-state index in [1.165, 1.54) is 0 Å². The van der Waals surface area contributed by atoms with E-state index in [4.69, 9.17) is 18.5 Å². The molecule has 0 atom stereocenters. The van der Waals surface area contributed by atoms with Crippen LogP contribution in [0.3, 0.4) is 0 Å². The van der Waals surface area contributed by atoms with Gasteiger partial charge < -0.3 is 18.5 Å². The number of esters is 1. The van der Waals surface area contributed by atoms with Gasteiger partial charge >= 0.3 is 13.6 Å². The summed E-state index contributed by atoms with van der Waals surface area (Å²) in [5.41, 5.74) is 0. The van der Waals surface area contributed by atoms with Crippen LogP contribution < -0.4 is 0 Å². The fraction of sp³-hybridized carbons (Fsp3) is 0.917. The summed E-state index contributed by atoms with van der Waals surface area (Å²) in [5.74, 6) is -0.593. The Morgan fingerprint density at radius 3 is 2.16 bits per heavy atom. The maximum absolute atomic E-state index is 12.0. The molecular weight excluding hydrogens is 271 g/mol. The van der Waals surface area contributed by atoms with Crippen LogP contribution in [0.5, 0.6) is 0 Å². The summed E-state index contributed by atoms with van der Waals surface area (Å²) in [6, 6.07) is 0. The maximum atomic E-state index is 12.0. The summed E-state index contributed by atoms with van der Waals surface area (Å²) in [6.45, 7) is 7.07. The van der Waals surface area contributed by atoms with Gasteiger partial charge in [0.15, 0.2) is 0 Å². The minimum Gasteiger partial charge on any atom is -0.463 e. The summed E-state index contributed by atoms with van der Waals surface area (Å²) >= 11 is 0.